The molecule has 74 valence electrons. The molecular weight excluding hydrogens is 244 g/mol. The van der Waals surface area contributed by atoms with Gasteiger partial charge in [0.2, 0.25) is 0 Å². The quantitative estimate of drug-likeness (QED) is 0.599. The van der Waals surface area contributed by atoms with Crippen LogP contribution >= 0.6 is 15.9 Å². The van der Waals surface area contributed by atoms with Gasteiger partial charge in [0, 0.05) is 5.92 Å². The Morgan fingerprint density at radius 2 is 2.14 bits per heavy atom. The van der Waals surface area contributed by atoms with E-state index in [0.717, 1.165) is 6.42 Å². The van der Waals surface area contributed by atoms with Crippen LogP contribution < -0.4 is 0 Å². The van der Waals surface area contributed by atoms with Crippen molar-refractivity contribution < 1.29 is 9.53 Å². The van der Waals surface area contributed by atoms with Gasteiger partial charge in [-0.15, -0.1) is 0 Å². The maximum absolute atomic E-state index is 11.4. The van der Waals surface area contributed by atoms with E-state index in [0.29, 0.717) is 0 Å². The number of esters is 1. The predicted octanol–water partition coefficient (Wildman–Crippen LogP) is 2.48. The van der Waals surface area contributed by atoms with Crippen LogP contribution in [-0.2, 0) is 9.53 Å². The first-order valence-electron chi connectivity index (χ1n) is 4.51. The standard InChI is InChI=1S/C11H11BrO2/c1-14-10(13)11(12)7-9(11)8-5-3-2-4-6-8/h2-6,9H,7H2,1H3/t9?,11-/m1/s1. The summed E-state index contributed by atoms with van der Waals surface area (Å²) in [4.78, 5) is 11.4. The highest BCUT2D eigenvalue weighted by molar-refractivity contribution is 9.10. The molecule has 1 aliphatic carbocycles. The van der Waals surface area contributed by atoms with Crippen molar-refractivity contribution in [3.8, 4) is 0 Å². The van der Waals surface area contributed by atoms with E-state index >= 15 is 0 Å². The third-order valence-corrected chi connectivity index (χ3v) is 3.82. The predicted molar refractivity (Wildman–Crippen MR) is 57.5 cm³/mol. The lowest BCUT2D eigenvalue weighted by Gasteiger charge is -2.06. The molecule has 1 unspecified atom stereocenters. The Morgan fingerprint density at radius 1 is 1.50 bits per heavy atom. The van der Waals surface area contributed by atoms with Crippen LogP contribution in [0.25, 0.3) is 0 Å². The van der Waals surface area contributed by atoms with Crippen molar-refractivity contribution in [2.24, 2.45) is 0 Å². The molecule has 0 aromatic heterocycles. The lowest BCUT2D eigenvalue weighted by Crippen LogP contribution is -2.18. The Kier molecular flexibility index (Phi) is 2.35. The zero-order valence-corrected chi connectivity index (χ0v) is 9.45. The number of ether oxygens (including phenoxy) is 1. The fraction of sp³-hybridized carbons (Fsp3) is 0.364. The van der Waals surface area contributed by atoms with Gasteiger partial charge in [-0.25, -0.2) is 0 Å². The van der Waals surface area contributed by atoms with Gasteiger partial charge >= 0.3 is 5.97 Å². The second-order valence-corrected chi connectivity index (χ2v) is 4.94. The summed E-state index contributed by atoms with van der Waals surface area (Å²) < 4.78 is 4.27. The van der Waals surface area contributed by atoms with Gasteiger partial charge in [-0.05, 0) is 12.0 Å². The van der Waals surface area contributed by atoms with Gasteiger partial charge in [0.1, 0.15) is 4.32 Å². The molecule has 1 aromatic carbocycles. The molecule has 0 saturated heterocycles. The Balaban J connectivity index is 2.16. The molecule has 1 saturated carbocycles. The Morgan fingerprint density at radius 3 is 2.71 bits per heavy atom. The number of hydrogen-bond acceptors (Lipinski definition) is 2. The lowest BCUT2D eigenvalue weighted by atomic mass is 10.1. The molecule has 1 fully saturated rings. The molecule has 0 N–H and O–H groups in total. The Labute approximate surface area is 91.4 Å². The number of carbonyl (C=O) groups is 1. The summed E-state index contributed by atoms with van der Waals surface area (Å²) in [6.45, 7) is 0. The first-order valence-corrected chi connectivity index (χ1v) is 5.30. The summed E-state index contributed by atoms with van der Waals surface area (Å²) in [6, 6.07) is 10.0. The Bertz CT molecular complexity index is 350. The highest BCUT2D eigenvalue weighted by atomic mass is 79.9. The van der Waals surface area contributed by atoms with E-state index in [4.69, 9.17) is 4.74 Å². The maximum Gasteiger partial charge on any atom is 0.323 e. The monoisotopic (exact) mass is 254 g/mol. The minimum atomic E-state index is -0.469. The number of carbonyl (C=O) groups excluding carboxylic acids is 1. The number of alkyl halides is 1. The highest BCUT2D eigenvalue weighted by Crippen LogP contribution is 2.58. The smallest absolute Gasteiger partial charge is 0.323 e. The topological polar surface area (TPSA) is 26.3 Å². The third-order valence-electron chi connectivity index (χ3n) is 2.62. The highest BCUT2D eigenvalue weighted by Gasteiger charge is 2.59. The first-order chi connectivity index (χ1) is 6.68. The summed E-state index contributed by atoms with van der Waals surface area (Å²) in [5.41, 5.74) is 1.19. The molecular formula is C11H11BrO2. The normalized spacial score (nSPS) is 29.7. The number of halogens is 1. The minimum Gasteiger partial charge on any atom is -0.468 e. The molecule has 2 rings (SSSR count). The van der Waals surface area contributed by atoms with E-state index < -0.39 is 4.32 Å². The maximum atomic E-state index is 11.4. The van der Waals surface area contributed by atoms with Gasteiger partial charge in [-0.1, -0.05) is 46.3 Å². The van der Waals surface area contributed by atoms with Crippen LogP contribution in [0.1, 0.15) is 17.9 Å². The van der Waals surface area contributed by atoms with E-state index in [9.17, 15) is 4.79 Å². The van der Waals surface area contributed by atoms with Crippen molar-refractivity contribution in [2.75, 3.05) is 7.11 Å². The van der Waals surface area contributed by atoms with Crippen molar-refractivity contribution >= 4 is 21.9 Å². The Hall–Kier alpha value is -0.830. The fourth-order valence-corrected chi connectivity index (χ4v) is 2.45. The van der Waals surface area contributed by atoms with Gasteiger partial charge < -0.3 is 4.74 Å². The molecule has 0 aliphatic heterocycles. The van der Waals surface area contributed by atoms with Crippen molar-refractivity contribution in [1.29, 1.82) is 0 Å². The summed E-state index contributed by atoms with van der Waals surface area (Å²) in [6.07, 6.45) is 0.823. The summed E-state index contributed by atoms with van der Waals surface area (Å²) >= 11 is 3.44. The molecule has 0 spiro atoms. The van der Waals surface area contributed by atoms with E-state index in [1.165, 1.54) is 12.7 Å². The average molecular weight is 255 g/mol. The molecule has 1 aliphatic rings. The minimum absolute atomic E-state index is 0.175. The second-order valence-electron chi connectivity index (χ2n) is 3.52. The van der Waals surface area contributed by atoms with Gasteiger partial charge in [-0.3, -0.25) is 4.79 Å². The van der Waals surface area contributed by atoms with Crippen molar-refractivity contribution in [1.82, 2.24) is 0 Å². The molecule has 2 atom stereocenters. The molecule has 14 heavy (non-hydrogen) atoms. The zero-order chi connectivity index (χ0) is 10.2. The van der Waals surface area contributed by atoms with Crippen LogP contribution in [0, 0.1) is 0 Å². The molecule has 0 heterocycles. The molecule has 0 radical (unpaired) electrons. The average Bonchev–Trinajstić information content (AvgIpc) is 2.92. The largest absolute Gasteiger partial charge is 0.468 e. The molecule has 0 amide bonds. The van der Waals surface area contributed by atoms with E-state index in [-0.39, 0.29) is 11.9 Å². The molecule has 0 bridgehead atoms. The van der Waals surface area contributed by atoms with Crippen molar-refractivity contribution in [3.63, 3.8) is 0 Å². The number of benzene rings is 1. The van der Waals surface area contributed by atoms with Crippen LogP contribution in [0.2, 0.25) is 0 Å². The molecule has 3 heteroatoms. The number of methoxy groups -OCH3 is 1. The van der Waals surface area contributed by atoms with E-state index in [1.807, 2.05) is 30.3 Å². The van der Waals surface area contributed by atoms with Gasteiger partial charge in [0.05, 0.1) is 7.11 Å². The number of rotatable bonds is 2. The van der Waals surface area contributed by atoms with Gasteiger partial charge in [0.25, 0.3) is 0 Å². The van der Waals surface area contributed by atoms with Crippen molar-refractivity contribution in [2.45, 2.75) is 16.7 Å². The van der Waals surface area contributed by atoms with Gasteiger partial charge in [-0.2, -0.15) is 0 Å². The second kappa shape index (κ2) is 3.39. The lowest BCUT2D eigenvalue weighted by molar-refractivity contribution is -0.140. The number of hydrogen-bond donors (Lipinski definition) is 0. The van der Waals surface area contributed by atoms with Gasteiger partial charge in [0.15, 0.2) is 0 Å². The van der Waals surface area contributed by atoms with Crippen LogP contribution in [-0.4, -0.2) is 17.4 Å². The van der Waals surface area contributed by atoms with E-state index in [1.54, 1.807) is 0 Å². The molecule has 2 nitrogen and oxygen atoms in total. The molecule has 1 aromatic rings. The zero-order valence-electron chi connectivity index (χ0n) is 7.87. The third kappa shape index (κ3) is 1.46. The first kappa shape index (κ1) is 9.71. The van der Waals surface area contributed by atoms with Crippen LogP contribution in [0.4, 0.5) is 0 Å². The van der Waals surface area contributed by atoms with Crippen molar-refractivity contribution in [3.05, 3.63) is 35.9 Å². The fourth-order valence-electron chi connectivity index (χ4n) is 1.70. The van der Waals surface area contributed by atoms with Crippen LogP contribution in [0.5, 0.6) is 0 Å². The van der Waals surface area contributed by atoms with Crippen LogP contribution in [0.3, 0.4) is 0 Å². The SMILES string of the molecule is COC(=O)[C@@]1(Br)CC1c1ccccc1. The summed E-state index contributed by atoms with van der Waals surface area (Å²) in [5, 5.41) is 0. The summed E-state index contributed by atoms with van der Waals surface area (Å²) in [7, 11) is 1.42. The summed E-state index contributed by atoms with van der Waals surface area (Å²) in [5.74, 6) is 0.0857. The van der Waals surface area contributed by atoms with Crippen LogP contribution in [0.15, 0.2) is 30.3 Å². The van der Waals surface area contributed by atoms with E-state index in [2.05, 4.69) is 15.9 Å².